The number of anilines is 2. The molecule has 3 aromatic rings. The van der Waals surface area contributed by atoms with E-state index in [2.05, 4.69) is 10.6 Å². The predicted octanol–water partition coefficient (Wildman–Crippen LogP) is 4.43. The number of halogens is 2. The molecule has 0 radical (unpaired) electrons. The maximum absolute atomic E-state index is 12.2. The monoisotopic (exact) mass is 374 g/mol. The topological polar surface area (TPSA) is 78.4 Å². The van der Waals surface area contributed by atoms with E-state index in [1.807, 2.05) is 0 Å². The van der Waals surface area contributed by atoms with Gasteiger partial charge in [-0.3, -0.25) is 9.59 Å². The number of nitrogens with one attached hydrogen (secondary N) is 2. The molecule has 5 nitrogen and oxygen atoms in total. The molecule has 0 unspecified atom stereocenters. The van der Waals surface area contributed by atoms with Gasteiger partial charge in [0.2, 0.25) is 0 Å². The number of hydrogen-bond acceptors (Lipinski definition) is 3. The average Bonchev–Trinajstić information content (AvgIpc) is 2.54. The van der Waals surface area contributed by atoms with Crippen molar-refractivity contribution in [3.63, 3.8) is 0 Å². The summed E-state index contributed by atoms with van der Waals surface area (Å²) in [5.74, 6) is -1.63. The zero-order valence-corrected chi connectivity index (χ0v) is 14.2. The molecule has 7 heteroatoms. The minimum absolute atomic E-state index is 0.0895. The summed E-state index contributed by atoms with van der Waals surface area (Å²) in [5.41, 5.74) is 0.728. The Morgan fingerprint density at radius 3 is 2.12 bits per heavy atom. The second-order valence-corrected chi connectivity index (χ2v) is 6.12. The Morgan fingerprint density at radius 1 is 0.800 bits per heavy atom. The Labute approximate surface area is 153 Å². The summed E-state index contributed by atoms with van der Waals surface area (Å²) in [6.07, 6.45) is 0. The lowest BCUT2D eigenvalue weighted by Crippen LogP contribution is -2.29. The van der Waals surface area contributed by atoms with Crippen molar-refractivity contribution in [2.75, 3.05) is 10.6 Å². The Bertz CT molecular complexity index is 969. The van der Waals surface area contributed by atoms with Crippen LogP contribution >= 0.6 is 23.2 Å². The molecule has 0 bridgehead atoms. The Morgan fingerprint density at radius 2 is 1.40 bits per heavy atom. The number of hydrogen-bond donors (Lipinski definition) is 3. The minimum atomic E-state index is -0.865. The van der Waals surface area contributed by atoms with E-state index in [0.717, 1.165) is 0 Å². The molecular weight excluding hydrogens is 363 g/mol. The zero-order valence-electron chi connectivity index (χ0n) is 12.7. The van der Waals surface area contributed by atoms with Crippen molar-refractivity contribution in [3.05, 3.63) is 64.6 Å². The summed E-state index contributed by atoms with van der Waals surface area (Å²) in [4.78, 5) is 24.2. The number of phenols is 1. The third kappa shape index (κ3) is 3.84. The van der Waals surface area contributed by atoms with Crippen molar-refractivity contribution in [1.82, 2.24) is 0 Å². The Balaban J connectivity index is 1.80. The lowest BCUT2D eigenvalue weighted by molar-refractivity contribution is -0.132. The first-order chi connectivity index (χ1) is 11.9. The number of amides is 2. The van der Waals surface area contributed by atoms with E-state index < -0.39 is 11.8 Å². The molecule has 0 saturated heterocycles. The summed E-state index contributed by atoms with van der Waals surface area (Å²) >= 11 is 11.7. The van der Waals surface area contributed by atoms with Crippen LogP contribution < -0.4 is 10.6 Å². The van der Waals surface area contributed by atoms with Gasteiger partial charge in [0.25, 0.3) is 0 Å². The molecule has 0 heterocycles. The molecule has 0 aliphatic carbocycles. The molecule has 3 rings (SSSR count). The van der Waals surface area contributed by atoms with E-state index in [1.54, 1.807) is 36.4 Å². The van der Waals surface area contributed by atoms with Gasteiger partial charge in [0.15, 0.2) is 0 Å². The van der Waals surface area contributed by atoms with Gasteiger partial charge in [0, 0.05) is 32.2 Å². The van der Waals surface area contributed by atoms with Crippen LogP contribution in [0.3, 0.4) is 0 Å². The van der Waals surface area contributed by atoms with E-state index in [9.17, 15) is 14.7 Å². The van der Waals surface area contributed by atoms with Gasteiger partial charge in [0.1, 0.15) is 5.75 Å². The molecule has 0 aliphatic rings. The van der Waals surface area contributed by atoms with Crippen molar-refractivity contribution < 1.29 is 14.7 Å². The highest BCUT2D eigenvalue weighted by Gasteiger charge is 2.16. The maximum atomic E-state index is 12.2. The standard InChI is InChI=1S/C18H12Cl2N2O3/c19-10-7-11(20)9-12(8-10)21-17(24)18(25)22-15-5-1-4-14-13(15)3-2-6-16(14)23/h1-9,23H,(H,21,24)(H,22,25). The molecule has 0 atom stereocenters. The fourth-order valence-electron chi connectivity index (χ4n) is 2.40. The number of fused-ring (bicyclic) bond motifs is 1. The van der Waals surface area contributed by atoms with E-state index >= 15 is 0 Å². The van der Waals surface area contributed by atoms with Crippen LogP contribution in [-0.4, -0.2) is 16.9 Å². The molecule has 25 heavy (non-hydrogen) atoms. The molecule has 0 spiro atoms. The molecule has 126 valence electrons. The van der Waals surface area contributed by atoms with E-state index in [1.165, 1.54) is 18.2 Å². The summed E-state index contributed by atoms with van der Waals surface area (Å²) in [6.45, 7) is 0. The van der Waals surface area contributed by atoms with Gasteiger partial charge in [-0.2, -0.15) is 0 Å². The molecule has 3 N–H and O–H groups in total. The third-order valence-corrected chi connectivity index (χ3v) is 3.91. The zero-order chi connectivity index (χ0) is 18.0. The van der Waals surface area contributed by atoms with Crippen LogP contribution in [0.25, 0.3) is 10.8 Å². The fraction of sp³-hybridized carbons (Fsp3) is 0. The molecular formula is C18H12Cl2N2O3. The number of rotatable bonds is 2. The van der Waals surface area contributed by atoms with Crippen LogP contribution in [0.15, 0.2) is 54.6 Å². The largest absolute Gasteiger partial charge is 0.507 e. The maximum Gasteiger partial charge on any atom is 0.314 e. The smallest absolute Gasteiger partial charge is 0.314 e. The van der Waals surface area contributed by atoms with Gasteiger partial charge in [-0.25, -0.2) is 0 Å². The number of phenolic OH excluding ortho intramolecular Hbond substituents is 1. The average molecular weight is 375 g/mol. The van der Waals surface area contributed by atoms with Crippen LogP contribution in [0.5, 0.6) is 5.75 Å². The first kappa shape index (κ1) is 17.1. The van der Waals surface area contributed by atoms with Gasteiger partial charge in [-0.1, -0.05) is 47.5 Å². The first-order valence-electron chi connectivity index (χ1n) is 7.23. The quantitative estimate of drug-likeness (QED) is 0.580. The number of carbonyl (C=O) groups is 2. The Hall–Kier alpha value is -2.76. The summed E-state index contributed by atoms with van der Waals surface area (Å²) in [6, 6.07) is 14.4. The molecule has 0 aromatic heterocycles. The molecule has 0 aliphatic heterocycles. The van der Waals surface area contributed by atoms with Crippen LogP contribution in [-0.2, 0) is 9.59 Å². The number of aromatic hydroxyl groups is 1. The van der Waals surface area contributed by atoms with Crippen molar-refractivity contribution in [1.29, 1.82) is 0 Å². The van der Waals surface area contributed by atoms with E-state index in [0.29, 0.717) is 32.2 Å². The van der Waals surface area contributed by atoms with E-state index in [-0.39, 0.29) is 5.75 Å². The second-order valence-electron chi connectivity index (χ2n) is 5.24. The number of carbonyl (C=O) groups excluding carboxylic acids is 2. The van der Waals surface area contributed by atoms with Crippen LogP contribution in [0, 0.1) is 0 Å². The summed E-state index contributed by atoms with van der Waals surface area (Å²) in [5, 5.41) is 16.7. The highest BCUT2D eigenvalue weighted by molar-refractivity contribution is 6.44. The fourth-order valence-corrected chi connectivity index (χ4v) is 2.92. The SMILES string of the molecule is O=C(Nc1cc(Cl)cc(Cl)c1)C(=O)Nc1cccc2c(O)cccc12. The van der Waals surface area contributed by atoms with Crippen LogP contribution in [0.2, 0.25) is 10.0 Å². The third-order valence-electron chi connectivity index (χ3n) is 3.47. The normalized spacial score (nSPS) is 10.5. The summed E-state index contributed by atoms with van der Waals surface area (Å²) < 4.78 is 0. The van der Waals surface area contributed by atoms with Crippen molar-refractivity contribution >= 4 is 57.2 Å². The minimum Gasteiger partial charge on any atom is -0.507 e. The predicted molar refractivity (Wildman–Crippen MR) is 99.3 cm³/mol. The van der Waals surface area contributed by atoms with Crippen LogP contribution in [0.4, 0.5) is 11.4 Å². The number of benzene rings is 3. The van der Waals surface area contributed by atoms with Crippen molar-refractivity contribution in [3.8, 4) is 5.75 Å². The second kappa shape index (κ2) is 7.01. The lowest BCUT2D eigenvalue weighted by atomic mass is 10.1. The first-order valence-corrected chi connectivity index (χ1v) is 7.99. The highest BCUT2D eigenvalue weighted by atomic mass is 35.5. The van der Waals surface area contributed by atoms with Gasteiger partial charge in [0.05, 0.1) is 0 Å². The van der Waals surface area contributed by atoms with Gasteiger partial charge in [-0.05, 0) is 30.3 Å². The van der Waals surface area contributed by atoms with E-state index in [4.69, 9.17) is 23.2 Å². The molecule has 0 saturated carbocycles. The van der Waals surface area contributed by atoms with Gasteiger partial charge >= 0.3 is 11.8 Å². The highest BCUT2D eigenvalue weighted by Crippen LogP contribution is 2.29. The summed E-state index contributed by atoms with van der Waals surface area (Å²) in [7, 11) is 0. The van der Waals surface area contributed by atoms with Crippen molar-refractivity contribution in [2.45, 2.75) is 0 Å². The van der Waals surface area contributed by atoms with Crippen LogP contribution in [0.1, 0.15) is 0 Å². The van der Waals surface area contributed by atoms with Gasteiger partial charge < -0.3 is 15.7 Å². The van der Waals surface area contributed by atoms with Crippen molar-refractivity contribution in [2.24, 2.45) is 0 Å². The molecule has 0 fully saturated rings. The molecule has 2 amide bonds. The Kier molecular flexibility index (Phi) is 4.79. The lowest BCUT2D eigenvalue weighted by Gasteiger charge is -2.10. The van der Waals surface area contributed by atoms with Gasteiger partial charge in [-0.15, -0.1) is 0 Å². The molecule has 3 aromatic carbocycles.